The molecule has 0 aliphatic heterocycles. The third-order valence-corrected chi connectivity index (χ3v) is 2.99. The first-order chi connectivity index (χ1) is 8.39. The fourth-order valence-electron chi connectivity index (χ4n) is 1.75. The number of benzene rings is 1. The van der Waals surface area contributed by atoms with Crippen molar-refractivity contribution in [2.75, 3.05) is 13.2 Å². The van der Waals surface area contributed by atoms with Crippen LogP contribution in [0.15, 0.2) is 18.2 Å². The standard InChI is InChI=1S/C15H23NO2/c1-5-18-14-7-6-12(8-11(14)2)13(17)9-15(3,4)10-16/h6-8H,5,9-10,16H2,1-4H3. The normalized spacial score (nSPS) is 11.4. The predicted molar refractivity (Wildman–Crippen MR) is 74.1 cm³/mol. The number of rotatable bonds is 6. The summed E-state index contributed by atoms with van der Waals surface area (Å²) < 4.78 is 5.46. The van der Waals surface area contributed by atoms with Gasteiger partial charge in [0.25, 0.3) is 0 Å². The van der Waals surface area contributed by atoms with E-state index in [1.54, 1.807) is 0 Å². The van der Waals surface area contributed by atoms with Crippen LogP contribution in [0.5, 0.6) is 5.75 Å². The predicted octanol–water partition coefficient (Wildman–Crippen LogP) is 2.95. The number of ether oxygens (including phenoxy) is 1. The highest BCUT2D eigenvalue weighted by atomic mass is 16.5. The van der Waals surface area contributed by atoms with Gasteiger partial charge in [0.15, 0.2) is 5.78 Å². The van der Waals surface area contributed by atoms with E-state index in [9.17, 15) is 4.79 Å². The van der Waals surface area contributed by atoms with Crippen LogP contribution in [-0.2, 0) is 0 Å². The molecule has 100 valence electrons. The molecule has 1 aromatic rings. The molecule has 1 aromatic carbocycles. The smallest absolute Gasteiger partial charge is 0.163 e. The van der Waals surface area contributed by atoms with Gasteiger partial charge in [0.05, 0.1) is 6.61 Å². The minimum atomic E-state index is -0.149. The molecule has 0 fully saturated rings. The largest absolute Gasteiger partial charge is 0.494 e. The third kappa shape index (κ3) is 3.84. The van der Waals surface area contributed by atoms with Crippen molar-refractivity contribution in [2.45, 2.75) is 34.1 Å². The number of hydrogen-bond acceptors (Lipinski definition) is 3. The van der Waals surface area contributed by atoms with Gasteiger partial charge in [0.2, 0.25) is 0 Å². The van der Waals surface area contributed by atoms with Crippen LogP contribution in [0.4, 0.5) is 0 Å². The Balaban J connectivity index is 2.85. The maximum Gasteiger partial charge on any atom is 0.163 e. The summed E-state index contributed by atoms with van der Waals surface area (Å²) in [5, 5.41) is 0. The van der Waals surface area contributed by atoms with Crippen LogP contribution < -0.4 is 10.5 Å². The van der Waals surface area contributed by atoms with Crippen LogP contribution in [0.3, 0.4) is 0 Å². The van der Waals surface area contributed by atoms with Crippen LogP contribution in [0.1, 0.15) is 43.1 Å². The van der Waals surface area contributed by atoms with E-state index in [4.69, 9.17) is 10.5 Å². The molecule has 0 saturated heterocycles. The number of aryl methyl sites for hydroxylation is 1. The maximum atomic E-state index is 12.1. The molecule has 0 saturated carbocycles. The van der Waals surface area contributed by atoms with Gasteiger partial charge in [0, 0.05) is 12.0 Å². The molecule has 0 radical (unpaired) electrons. The first-order valence-electron chi connectivity index (χ1n) is 6.36. The monoisotopic (exact) mass is 249 g/mol. The molecule has 0 amide bonds. The van der Waals surface area contributed by atoms with Crippen LogP contribution in [0, 0.1) is 12.3 Å². The van der Waals surface area contributed by atoms with Gasteiger partial charge in [-0.05, 0) is 49.6 Å². The van der Waals surface area contributed by atoms with Gasteiger partial charge >= 0.3 is 0 Å². The molecule has 3 heteroatoms. The molecule has 1 rings (SSSR count). The molecule has 2 N–H and O–H groups in total. The average molecular weight is 249 g/mol. The molecule has 18 heavy (non-hydrogen) atoms. The first kappa shape index (κ1) is 14.7. The van der Waals surface area contributed by atoms with Gasteiger partial charge < -0.3 is 10.5 Å². The van der Waals surface area contributed by atoms with Crippen molar-refractivity contribution in [1.82, 2.24) is 0 Å². The number of carbonyl (C=O) groups is 1. The van der Waals surface area contributed by atoms with Gasteiger partial charge in [-0.25, -0.2) is 0 Å². The molecule has 0 aromatic heterocycles. The second kappa shape index (κ2) is 6.01. The Labute approximate surface area is 109 Å². The van der Waals surface area contributed by atoms with Crippen molar-refractivity contribution < 1.29 is 9.53 Å². The SMILES string of the molecule is CCOc1ccc(C(=O)CC(C)(C)CN)cc1C. The Kier molecular flexibility index (Phi) is 4.91. The molecule has 0 aliphatic carbocycles. The number of hydrogen-bond donors (Lipinski definition) is 1. The average Bonchev–Trinajstić information content (AvgIpc) is 2.31. The molecule has 0 heterocycles. The van der Waals surface area contributed by atoms with Crippen LogP contribution >= 0.6 is 0 Å². The Morgan fingerprint density at radius 3 is 2.56 bits per heavy atom. The van der Waals surface area contributed by atoms with Crippen molar-refractivity contribution in [3.05, 3.63) is 29.3 Å². The first-order valence-corrected chi connectivity index (χ1v) is 6.36. The molecule has 0 spiro atoms. The van der Waals surface area contributed by atoms with E-state index in [2.05, 4.69) is 0 Å². The fourth-order valence-corrected chi connectivity index (χ4v) is 1.75. The molecular weight excluding hydrogens is 226 g/mol. The maximum absolute atomic E-state index is 12.1. The lowest BCUT2D eigenvalue weighted by Crippen LogP contribution is -2.26. The lowest BCUT2D eigenvalue weighted by molar-refractivity contribution is 0.0934. The lowest BCUT2D eigenvalue weighted by Gasteiger charge is -2.21. The summed E-state index contributed by atoms with van der Waals surface area (Å²) in [5.41, 5.74) is 7.23. The summed E-state index contributed by atoms with van der Waals surface area (Å²) in [7, 11) is 0. The second-order valence-electron chi connectivity index (χ2n) is 5.38. The van der Waals surface area contributed by atoms with E-state index in [0.717, 1.165) is 16.9 Å². The summed E-state index contributed by atoms with van der Waals surface area (Å²) in [6.07, 6.45) is 0.469. The minimum Gasteiger partial charge on any atom is -0.494 e. The molecular formula is C15H23NO2. The zero-order valence-corrected chi connectivity index (χ0v) is 11.7. The van der Waals surface area contributed by atoms with Crippen molar-refractivity contribution in [3.63, 3.8) is 0 Å². The molecule has 0 atom stereocenters. The Morgan fingerprint density at radius 1 is 1.39 bits per heavy atom. The van der Waals surface area contributed by atoms with E-state index >= 15 is 0 Å². The molecule has 3 nitrogen and oxygen atoms in total. The number of carbonyl (C=O) groups excluding carboxylic acids is 1. The van der Waals surface area contributed by atoms with Crippen LogP contribution in [0.25, 0.3) is 0 Å². The van der Waals surface area contributed by atoms with E-state index in [1.165, 1.54) is 0 Å². The van der Waals surface area contributed by atoms with E-state index in [1.807, 2.05) is 45.9 Å². The highest BCUT2D eigenvalue weighted by molar-refractivity contribution is 5.96. The van der Waals surface area contributed by atoms with Gasteiger partial charge in [-0.2, -0.15) is 0 Å². The Morgan fingerprint density at radius 2 is 2.06 bits per heavy atom. The summed E-state index contributed by atoms with van der Waals surface area (Å²) in [4.78, 5) is 12.1. The van der Waals surface area contributed by atoms with Gasteiger partial charge in [-0.3, -0.25) is 4.79 Å². The van der Waals surface area contributed by atoms with Crippen molar-refractivity contribution >= 4 is 5.78 Å². The van der Waals surface area contributed by atoms with Crippen molar-refractivity contribution in [1.29, 1.82) is 0 Å². The van der Waals surface area contributed by atoms with Gasteiger partial charge in [-0.1, -0.05) is 13.8 Å². The Hall–Kier alpha value is -1.35. The number of nitrogens with two attached hydrogens (primary N) is 1. The zero-order valence-electron chi connectivity index (χ0n) is 11.7. The third-order valence-electron chi connectivity index (χ3n) is 2.99. The summed E-state index contributed by atoms with van der Waals surface area (Å²) >= 11 is 0. The fraction of sp³-hybridized carbons (Fsp3) is 0.533. The van der Waals surface area contributed by atoms with E-state index < -0.39 is 0 Å². The molecule has 0 aliphatic rings. The quantitative estimate of drug-likeness (QED) is 0.789. The van der Waals surface area contributed by atoms with E-state index in [-0.39, 0.29) is 11.2 Å². The van der Waals surface area contributed by atoms with Crippen LogP contribution in [0.2, 0.25) is 0 Å². The number of Topliss-reactive ketones (excluding diaryl/α,β-unsaturated/α-hetero) is 1. The summed E-state index contributed by atoms with van der Waals surface area (Å²) in [6, 6.07) is 5.58. The summed E-state index contributed by atoms with van der Waals surface area (Å²) in [6.45, 7) is 9.06. The Bertz CT molecular complexity index is 425. The van der Waals surface area contributed by atoms with Crippen LogP contribution in [-0.4, -0.2) is 18.9 Å². The minimum absolute atomic E-state index is 0.136. The van der Waals surface area contributed by atoms with Gasteiger partial charge in [-0.15, -0.1) is 0 Å². The van der Waals surface area contributed by atoms with Crippen molar-refractivity contribution in [2.24, 2.45) is 11.1 Å². The molecule has 0 bridgehead atoms. The summed E-state index contributed by atoms with van der Waals surface area (Å²) in [5.74, 6) is 0.976. The zero-order chi connectivity index (χ0) is 13.8. The topological polar surface area (TPSA) is 52.3 Å². The van der Waals surface area contributed by atoms with Gasteiger partial charge in [0.1, 0.15) is 5.75 Å². The molecule has 0 unspecified atom stereocenters. The number of ketones is 1. The highest BCUT2D eigenvalue weighted by Crippen LogP contribution is 2.24. The van der Waals surface area contributed by atoms with E-state index in [0.29, 0.717) is 19.6 Å². The highest BCUT2D eigenvalue weighted by Gasteiger charge is 2.21. The second-order valence-corrected chi connectivity index (χ2v) is 5.38. The van der Waals surface area contributed by atoms with Crippen molar-refractivity contribution in [3.8, 4) is 5.75 Å². The lowest BCUT2D eigenvalue weighted by atomic mass is 9.85.